The van der Waals surface area contributed by atoms with Crippen molar-refractivity contribution in [1.29, 1.82) is 0 Å². The summed E-state index contributed by atoms with van der Waals surface area (Å²) in [7, 11) is 0. The Morgan fingerprint density at radius 2 is 2.05 bits per heavy atom. The van der Waals surface area contributed by atoms with Crippen molar-refractivity contribution in [2.45, 2.75) is 33.3 Å². The fourth-order valence-corrected chi connectivity index (χ4v) is 1.46. The molecule has 0 spiro atoms. The first-order valence-corrected chi connectivity index (χ1v) is 6.69. The monoisotopic (exact) mass is 293 g/mol. The molecule has 0 bridgehead atoms. The number of carbonyl (C=O) groups is 1. The molecule has 1 aromatic rings. The fourth-order valence-electron chi connectivity index (χ4n) is 1.46. The summed E-state index contributed by atoms with van der Waals surface area (Å²) in [5, 5.41) is 2.50. The summed E-state index contributed by atoms with van der Waals surface area (Å²) in [5.74, 6) is 5.51. The van der Waals surface area contributed by atoms with Gasteiger partial charge >= 0.3 is 6.09 Å². The predicted molar refractivity (Wildman–Crippen MR) is 78.7 cm³/mol. The first kappa shape index (κ1) is 16.8. The molecule has 0 aliphatic carbocycles. The molecule has 0 heterocycles. The summed E-state index contributed by atoms with van der Waals surface area (Å²) >= 11 is 0. The van der Waals surface area contributed by atoms with Crippen LogP contribution in [-0.4, -0.2) is 24.8 Å². The van der Waals surface area contributed by atoms with E-state index >= 15 is 0 Å². The maximum atomic E-state index is 13.3. The number of carbonyl (C=O) groups excluding carboxylic acids is 1. The molecule has 4 nitrogen and oxygen atoms in total. The van der Waals surface area contributed by atoms with Crippen LogP contribution >= 0.6 is 0 Å². The van der Waals surface area contributed by atoms with Gasteiger partial charge in [-0.3, -0.25) is 0 Å². The molecular weight excluding hydrogens is 273 g/mol. The van der Waals surface area contributed by atoms with Crippen molar-refractivity contribution >= 4 is 6.09 Å². The van der Waals surface area contributed by atoms with Crippen molar-refractivity contribution in [2.24, 2.45) is 0 Å². The van der Waals surface area contributed by atoms with Gasteiger partial charge < -0.3 is 14.8 Å². The number of ether oxygens (including phenoxy) is 2. The molecule has 5 heteroatoms. The maximum Gasteiger partial charge on any atom is 0.408 e. The summed E-state index contributed by atoms with van der Waals surface area (Å²) in [6, 6.07) is 4.25. The SMILES string of the molecule is CCOc1cc(F)cc(C#CCNC(=O)OC(C)(C)C)c1. The van der Waals surface area contributed by atoms with Crippen molar-refractivity contribution in [1.82, 2.24) is 5.32 Å². The molecule has 0 fully saturated rings. The van der Waals surface area contributed by atoms with Crippen LogP contribution in [0.4, 0.5) is 9.18 Å². The van der Waals surface area contributed by atoms with Crippen molar-refractivity contribution in [2.75, 3.05) is 13.2 Å². The lowest BCUT2D eigenvalue weighted by Crippen LogP contribution is -2.32. The summed E-state index contributed by atoms with van der Waals surface area (Å²) in [6.07, 6.45) is -0.536. The molecule has 1 aromatic carbocycles. The maximum absolute atomic E-state index is 13.3. The number of hydrogen-bond donors (Lipinski definition) is 1. The second kappa shape index (κ2) is 7.53. The van der Waals surface area contributed by atoms with Crippen LogP contribution in [0.2, 0.25) is 0 Å². The van der Waals surface area contributed by atoms with E-state index in [9.17, 15) is 9.18 Å². The second-order valence-corrected chi connectivity index (χ2v) is 5.27. The summed E-state index contributed by atoms with van der Waals surface area (Å²) in [5.41, 5.74) is -0.0589. The Kier molecular flexibility index (Phi) is 6.04. The van der Waals surface area contributed by atoms with Crippen LogP contribution < -0.4 is 10.1 Å². The summed E-state index contributed by atoms with van der Waals surface area (Å²) in [6.45, 7) is 7.73. The smallest absolute Gasteiger partial charge is 0.408 e. The zero-order chi connectivity index (χ0) is 15.9. The van der Waals surface area contributed by atoms with Crippen LogP contribution in [0.1, 0.15) is 33.3 Å². The van der Waals surface area contributed by atoms with E-state index in [4.69, 9.17) is 9.47 Å². The molecule has 0 saturated heterocycles. The van der Waals surface area contributed by atoms with E-state index in [0.29, 0.717) is 17.9 Å². The van der Waals surface area contributed by atoms with E-state index in [1.807, 2.05) is 6.92 Å². The van der Waals surface area contributed by atoms with Gasteiger partial charge in [0.25, 0.3) is 0 Å². The van der Waals surface area contributed by atoms with Crippen LogP contribution in [0.25, 0.3) is 0 Å². The van der Waals surface area contributed by atoms with Gasteiger partial charge in [0.05, 0.1) is 13.2 Å². The number of rotatable bonds is 3. The Balaban J connectivity index is 2.57. The quantitative estimate of drug-likeness (QED) is 0.871. The van der Waals surface area contributed by atoms with Crippen LogP contribution in [0.5, 0.6) is 5.75 Å². The van der Waals surface area contributed by atoms with Crippen LogP contribution in [-0.2, 0) is 4.74 Å². The molecule has 0 aliphatic heterocycles. The van der Waals surface area contributed by atoms with Crippen LogP contribution in [0, 0.1) is 17.7 Å². The van der Waals surface area contributed by atoms with E-state index in [0.717, 1.165) is 0 Å². The molecule has 1 rings (SSSR count). The number of halogens is 1. The Hall–Kier alpha value is -2.22. The van der Waals surface area contributed by atoms with Gasteiger partial charge in [-0.15, -0.1) is 0 Å². The Morgan fingerprint density at radius 3 is 2.67 bits per heavy atom. The Morgan fingerprint density at radius 1 is 1.33 bits per heavy atom. The number of alkyl carbamates (subject to hydrolysis) is 1. The average molecular weight is 293 g/mol. The molecule has 114 valence electrons. The predicted octanol–water partition coefficient (Wildman–Crippen LogP) is 3.10. The van der Waals surface area contributed by atoms with Crippen LogP contribution in [0.3, 0.4) is 0 Å². The van der Waals surface area contributed by atoms with E-state index in [1.54, 1.807) is 26.8 Å². The number of benzene rings is 1. The Labute approximate surface area is 124 Å². The Bertz CT molecular complexity index is 553. The molecule has 1 N–H and O–H groups in total. The standard InChI is InChI=1S/C16H20FNO3/c1-5-20-14-10-12(9-13(17)11-14)7-6-8-18-15(19)21-16(2,3)4/h9-11H,5,8H2,1-4H3,(H,18,19). The fraction of sp³-hybridized carbons (Fsp3) is 0.438. The normalized spacial score (nSPS) is 10.3. The number of hydrogen-bond acceptors (Lipinski definition) is 3. The minimum Gasteiger partial charge on any atom is -0.494 e. The van der Waals surface area contributed by atoms with Gasteiger partial charge in [-0.05, 0) is 39.8 Å². The molecule has 0 atom stereocenters. The number of amides is 1. The number of nitrogens with one attached hydrogen (secondary N) is 1. The third kappa shape index (κ3) is 7.21. The van der Waals surface area contributed by atoms with Crippen molar-refractivity contribution in [3.63, 3.8) is 0 Å². The van der Waals surface area contributed by atoms with E-state index in [-0.39, 0.29) is 6.54 Å². The first-order valence-electron chi connectivity index (χ1n) is 6.69. The van der Waals surface area contributed by atoms with Crippen molar-refractivity contribution in [3.05, 3.63) is 29.6 Å². The van der Waals surface area contributed by atoms with Crippen molar-refractivity contribution < 1.29 is 18.7 Å². The van der Waals surface area contributed by atoms with E-state index in [1.165, 1.54) is 12.1 Å². The lowest BCUT2D eigenvalue weighted by atomic mass is 10.2. The lowest BCUT2D eigenvalue weighted by molar-refractivity contribution is 0.0535. The molecule has 1 amide bonds. The van der Waals surface area contributed by atoms with E-state index < -0.39 is 17.5 Å². The first-order chi connectivity index (χ1) is 9.80. The largest absolute Gasteiger partial charge is 0.494 e. The molecule has 0 aromatic heterocycles. The van der Waals surface area contributed by atoms with Gasteiger partial charge in [-0.1, -0.05) is 11.8 Å². The van der Waals surface area contributed by atoms with Crippen LogP contribution in [0.15, 0.2) is 18.2 Å². The molecule has 0 unspecified atom stereocenters. The second-order valence-electron chi connectivity index (χ2n) is 5.27. The van der Waals surface area contributed by atoms with Gasteiger partial charge in [0.2, 0.25) is 0 Å². The lowest BCUT2D eigenvalue weighted by Gasteiger charge is -2.19. The zero-order valence-electron chi connectivity index (χ0n) is 12.7. The third-order valence-corrected chi connectivity index (χ3v) is 2.14. The van der Waals surface area contributed by atoms with Gasteiger partial charge in [-0.25, -0.2) is 9.18 Å². The molecule has 0 aliphatic rings. The zero-order valence-corrected chi connectivity index (χ0v) is 12.7. The van der Waals surface area contributed by atoms with Gasteiger partial charge in [-0.2, -0.15) is 0 Å². The molecule has 21 heavy (non-hydrogen) atoms. The highest BCUT2D eigenvalue weighted by Crippen LogP contribution is 2.15. The topological polar surface area (TPSA) is 47.6 Å². The minimum absolute atomic E-state index is 0.120. The average Bonchev–Trinajstić information content (AvgIpc) is 2.32. The minimum atomic E-state index is -0.549. The summed E-state index contributed by atoms with van der Waals surface area (Å²) in [4.78, 5) is 11.4. The molecular formula is C16H20FNO3. The highest BCUT2D eigenvalue weighted by molar-refractivity contribution is 5.68. The van der Waals surface area contributed by atoms with E-state index in [2.05, 4.69) is 17.2 Å². The third-order valence-electron chi connectivity index (χ3n) is 2.14. The molecule has 0 radical (unpaired) electrons. The van der Waals surface area contributed by atoms with Crippen molar-refractivity contribution in [3.8, 4) is 17.6 Å². The van der Waals surface area contributed by atoms with Gasteiger partial charge in [0.1, 0.15) is 17.2 Å². The van der Waals surface area contributed by atoms with Gasteiger partial charge in [0, 0.05) is 11.6 Å². The highest BCUT2D eigenvalue weighted by atomic mass is 19.1. The molecule has 0 saturated carbocycles. The highest BCUT2D eigenvalue weighted by Gasteiger charge is 2.14. The summed E-state index contributed by atoms with van der Waals surface area (Å²) < 4.78 is 23.6. The van der Waals surface area contributed by atoms with Gasteiger partial charge in [0.15, 0.2) is 0 Å².